The Morgan fingerprint density at radius 1 is 0.656 bits per heavy atom. The topological polar surface area (TPSA) is 127 Å². The van der Waals surface area contributed by atoms with Crippen LogP contribution >= 0.6 is 0 Å². The van der Waals surface area contributed by atoms with Gasteiger partial charge in [0.2, 0.25) is 0 Å². The third-order valence-electron chi connectivity index (χ3n) is 4.42. The van der Waals surface area contributed by atoms with E-state index in [-0.39, 0.29) is 26.1 Å². The van der Waals surface area contributed by atoms with Crippen molar-refractivity contribution in [2.45, 2.75) is 26.7 Å². The maximum absolute atomic E-state index is 11.1. The number of aliphatic carboxylic acids is 2. The normalized spacial score (nSPS) is 10.9. The van der Waals surface area contributed by atoms with Gasteiger partial charge in [-0.05, 0) is 13.8 Å². The van der Waals surface area contributed by atoms with Gasteiger partial charge in [0, 0.05) is 11.1 Å². The summed E-state index contributed by atoms with van der Waals surface area (Å²) in [6.07, 6.45) is 0.225. The van der Waals surface area contributed by atoms with Crippen LogP contribution in [0, 0.1) is 0 Å². The molecule has 0 saturated heterocycles. The molecule has 0 radical (unpaired) electrons. The van der Waals surface area contributed by atoms with Gasteiger partial charge in [-0.25, -0.2) is 9.59 Å². The monoisotopic (exact) mass is 460 g/mol. The van der Waals surface area contributed by atoms with Crippen molar-refractivity contribution in [3.8, 4) is 0 Å². The molecule has 10 heteroatoms. The quantitative estimate of drug-likeness (QED) is 0.226. The Balaban J connectivity index is 0. The summed E-state index contributed by atoms with van der Waals surface area (Å²) in [5.41, 5.74) is 0.742. The minimum Gasteiger partial charge on any atom is -0.481 e. The standard InChI is InChI=1S/2C11H19NO4/c2*1-9(2)11(15)16-8-7-12(3,4)6-5-10(13)14/h2*1,5-8H2,2-4H3/p+2. The maximum atomic E-state index is 11.1. The zero-order valence-corrected chi connectivity index (χ0v) is 20.3. The van der Waals surface area contributed by atoms with E-state index in [1.807, 2.05) is 28.2 Å². The highest BCUT2D eigenvalue weighted by Crippen LogP contribution is 2.02. The van der Waals surface area contributed by atoms with E-state index < -0.39 is 23.9 Å². The van der Waals surface area contributed by atoms with Crippen molar-refractivity contribution < 1.29 is 47.8 Å². The van der Waals surface area contributed by atoms with Gasteiger partial charge in [-0.15, -0.1) is 0 Å². The van der Waals surface area contributed by atoms with Gasteiger partial charge in [0.25, 0.3) is 0 Å². The smallest absolute Gasteiger partial charge is 0.333 e. The first-order valence-electron chi connectivity index (χ1n) is 10.2. The number of carboxylic acid groups (broad SMARTS) is 2. The Morgan fingerprint density at radius 2 is 0.938 bits per heavy atom. The van der Waals surface area contributed by atoms with Crippen LogP contribution in [0.3, 0.4) is 0 Å². The van der Waals surface area contributed by atoms with E-state index in [2.05, 4.69) is 13.2 Å². The van der Waals surface area contributed by atoms with E-state index in [9.17, 15) is 19.2 Å². The van der Waals surface area contributed by atoms with E-state index >= 15 is 0 Å². The maximum Gasteiger partial charge on any atom is 0.333 e. The lowest BCUT2D eigenvalue weighted by atomic mass is 10.3. The number of ether oxygens (including phenoxy) is 2. The highest BCUT2D eigenvalue weighted by atomic mass is 16.5. The van der Waals surface area contributed by atoms with Crippen LogP contribution in [0.15, 0.2) is 24.3 Å². The molecule has 0 aromatic heterocycles. The Morgan fingerprint density at radius 3 is 1.16 bits per heavy atom. The number of carbonyl (C=O) groups is 4. The summed E-state index contributed by atoms with van der Waals surface area (Å²) in [6.45, 7) is 12.9. The van der Waals surface area contributed by atoms with Crippen LogP contribution in [0.2, 0.25) is 0 Å². The average molecular weight is 461 g/mol. The molecule has 0 aromatic carbocycles. The second kappa shape index (κ2) is 15.1. The number of hydrogen-bond acceptors (Lipinski definition) is 6. The molecule has 0 amide bonds. The molecule has 0 rings (SSSR count). The second-order valence-electron chi connectivity index (χ2n) is 8.89. The van der Waals surface area contributed by atoms with Gasteiger partial charge < -0.3 is 28.7 Å². The van der Waals surface area contributed by atoms with Gasteiger partial charge in [-0.2, -0.15) is 0 Å². The van der Waals surface area contributed by atoms with Crippen molar-refractivity contribution >= 4 is 23.9 Å². The number of nitrogens with zero attached hydrogens (tertiary/aromatic N) is 2. The predicted octanol–water partition coefficient (Wildman–Crippen LogP) is 1.31. The molecule has 184 valence electrons. The molecular weight excluding hydrogens is 420 g/mol. The molecule has 0 aromatic rings. The summed E-state index contributed by atoms with van der Waals surface area (Å²) in [7, 11) is 7.60. The zero-order valence-electron chi connectivity index (χ0n) is 20.3. The Kier molecular flexibility index (Phi) is 14.9. The van der Waals surface area contributed by atoms with Crippen LogP contribution in [-0.4, -0.2) is 111 Å². The zero-order chi connectivity index (χ0) is 25.5. The summed E-state index contributed by atoms with van der Waals surface area (Å²) in [5.74, 6) is -2.44. The molecule has 0 saturated carbocycles. The molecule has 0 unspecified atom stereocenters. The summed E-state index contributed by atoms with van der Waals surface area (Å²) in [4.78, 5) is 43.0. The number of rotatable bonds is 14. The Bertz CT molecular complexity index is 625. The number of carboxylic acids is 2. The minimum absolute atomic E-state index is 0.113. The molecule has 32 heavy (non-hydrogen) atoms. The lowest BCUT2D eigenvalue weighted by molar-refractivity contribution is -0.889. The molecule has 0 aliphatic carbocycles. The van der Waals surface area contributed by atoms with Crippen LogP contribution < -0.4 is 0 Å². The molecule has 0 aliphatic heterocycles. The molecule has 0 spiro atoms. The molecule has 0 aliphatic rings. The fraction of sp³-hybridized carbons (Fsp3) is 0.636. The summed E-state index contributed by atoms with van der Waals surface area (Å²) < 4.78 is 10.9. The van der Waals surface area contributed by atoms with Gasteiger partial charge in [0.05, 0.1) is 54.1 Å². The van der Waals surface area contributed by atoms with Crippen molar-refractivity contribution in [1.29, 1.82) is 0 Å². The third-order valence-corrected chi connectivity index (χ3v) is 4.42. The van der Waals surface area contributed by atoms with Crippen molar-refractivity contribution in [2.75, 3.05) is 67.6 Å². The van der Waals surface area contributed by atoms with Crippen LogP contribution in [0.25, 0.3) is 0 Å². The van der Waals surface area contributed by atoms with Crippen LogP contribution in [-0.2, 0) is 28.7 Å². The van der Waals surface area contributed by atoms with Crippen molar-refractivity contribution in [2.24, 2.45) is 0 Å². The van der Waals surface area contributed by atoms with Crippen LogP contribution in [0.1, 0.15) is 26.7 Å². The van der Waals surface area contributed by atoms with E-state index in [4.69, 9.17) is 19.7 Å². The molecule has 0 bridgehead atoms. The largest absolute Gasteiger partial charge is 0.481 e. The minimum atomic E-state index is -0.815. The fourth-order valence-electron chi connectivity index (χ4n) is 2.04. The lowest BCUT2D eigenvalue weighted by Gasteiger charge is -2.28. The predicted molar refractivity (Wildman–Crippen MR) is 120 cm³/mol. The molecule has 10 nitrogen and oxygen atoms in total. The number of likely N-dealkylation sites (N-methyl/N-ethyl adjacent to an activating group) is 2. The van der Waals surface area contributed by atoms with Gasteiger partial charge in [-0.3, -0.25) is 9.59 Å². The van der Waals surface area contributed by atoms with E-state index in [1.54, 1.807) is 13.8 Å². The lowest BCUT2D eigenvalue weighted by Crippen LogP contribution is -2.44. The SMILES string of the molecule is C=C(C)C(=O)OCC[N+](C)(C)CCC(=O)O.C=C(C)C(=O)OCC[N+](C)(C)CCC(=O)O. The first-order chi connectivity index (χ1) is 14.5. The molecule has 0 heterocycles. The molecule has 0 fully saturated rings. The van der Waals surface area contributed by atoms with Crippen molar-refractivity contribution in [3.63, 3.8) is 0 Å². The highest BCUT2D eigenvalue weighted by Gasteiger charge is 2.18. The van der Waals surface area contributed by atoms with Gasteiger partial charge >= 0.3 is 23.9 Å². The summed E-state index contributed by atoms with van der Waals surface area (Å²) >= 11 is 0. The first kappa shape index (κ1) is 31.5. The first-order valence-corrected chi connectivity index (χ1v) is 10.2. The van der Waals surface area contributed by atoms with E-state index in [0.717, 1.165) is 0 Å². The Hall–Kier alpha value is -2.72. The average Bonchev–Trinajstić information content (AvgIpc) is 2.65. The summed E-state index contributed by atoms with van der Waals surface area (Å²) in [5, 5.41) is 17.1. The molecule has 0 atom stereocenters. The van der Waals surface area contributed by atoms with E-state index in [0.29, 0.717) is 46.3 Å². The van der Waals surface area contributed by atoms with Gasteiger partial charge in [-0.1, -0.05) is 13.2 Å². The van der Waals surface area contributed by atoms with Gasteiger partial charge in [0.15, 0.2) is 0 Å². The van der Waals surface area contributed by atoms with Gasteiger partial charge in [0.1, 0.15) is 26.3 Å². The number of hydrogen-bond donors (Lipinski definition) is 2. The van der Waals surface area contributed by atoms with Crippen LogP contribution in [0.5, 0.6) is 0 Å². The van der Waals surface area contributed by atoms with E-state index in [1.165, 1.54) is 0 Å². The van der Waals surface area contributed by atoms with Crippen LogP contribution in [0.4, 0.5) is 0 Å². The highest BCUT2D eigenvalue weighted by molar-refractivity contribution is 5.87. The molecular formula is C22H40N2O8+2. The second-order valence-corrected chi connectivity index (χ2v) is 8.89. The fourth-order valence-corrected chi connectivity index (χ4v) is 2.04. The Labute approximate surface area is 190 Å². The summed E-state index contributed by atoms with van der Waals surface area (Å²) in [6, 6.07) is 0. The number of carbonyl (C=O) groups excluding carboxylic acids is 2. The third kappa shape index (κ3) is 19.3. The van der Waals surface area contributed by atoms with Crippen molar-refractivity contribution in [3.05, 3.63) is 24.3 Å². The number of esters is 2. The van der Waals surface area contributed by atoms with Crippen molar-refractivity contribution in [1.82, 2.24) is 0 Å². The number of quaternary nitrogens is 2. The molecule has 2 N–H and O–H groups in total.